The van der Waals surface area contributed by atoms with Crippen molar-refractivity contribution in [2.24, 2.45) is 0 Å². The molecule has 0 amide bonds. The lowest BCUT2D eigenvalue weighted by Crippen LogP contribution is -2.43. The standard InChI is InChI=1S/C14H20BrN3O/c1-2-16-6-10-5-11(15)7-17-14(10)18-8-12-3-4-13(9-18)19-12/h5,7,12-13,16H,2-4,6,8-9H2,1H3. The van der Waals surface area contributed by atoms with E-state index in [0.717, 1.165) is 36.5 Å². The maximum Gasteiger partial charge on any atom is 0.133 e. The van der Waals surface area contributed by atoms with Gasteiger partial charge in [-0.1, -0.05) is 6.92 Å². The summed E-state index contributed by atoms with van der Waals surface area (Å²) in [6.07, 6.45) is 5.08. The zero-order valence-electron chi connectivity index (χ0n) is 11.2. The Kier molecular flexibility index (Phi) is 4.05. The van der Waals surface area contributed by atoms with E-state index in [4.69, 9.17) is 4.74 Å². The molecule has 0 radical (unpaired) electrons. The predicted octanol–water partition coefficient (Wildman–Crippen LogP) is 2.32. The number of hydrogen-bond acceptors (Lipinski definition) is 4. The third-order valence-corrected chi connectivity index (χ3v) is 4.25. The number of halogens is 1. The summed E-state index contributed by atoms with van der Waals surface area (Å²) in [4.78, 5) is 7.03. The molecule has 2 fully saturated rings. The number of pyridine rings is 1. The van der Waals surface area contributed by atoms with Crippen LogP contribution < -0.4 is 10.2 Å². The number of rotatable bonds is 4. The minimum absolute atomic E-state index is 0.399. The fourth-order valence-corrected chi connectivity index (χ4v) is 3.31. The lowest BCUT2D eigenvalue weighted by Gasteiger charge is -2.34. The van der Waals surface area contributed by atoms with Gasteiger partial charge in [0.15, 0.2) is 0 Å². The molecule has 2 aliphatic heterocycles. The quantitative estimate of drug-likeness (QED) is 0.921. The summed E-state index contributed by atoms with van der Waals surface area (Å²) >= 11 is 3.51. The van der Waals surface area contributed by atoms with Crippen molar-refractivity contribution in [1.82, 2.24) is 10.3 Å². The Hall–Kier alpha value is -0.650. The highest BCUT2D eigenvalue weighted by molar-refractivity contribution is 9.10. The Labute approximate surface area is 122 Å². The molecule has 4 nitrogen and oxygen atoms in total. The van der Waals surface area contributed by atoms with Crippen LogP contribution in [0.2, 0.25) is 0 Å². The lowest BCUT2D eigenvalue weighted by atomic mass is 10.2. The molecule has 0 aliphatic carbocycles. The second kappa shape index (κ2) is 5.77. The maximum atomic E-state index is 5.90. The number of aromatic nitrogens is 1. The summed E-state index contributed by atoms with van der Waals surface area (Å²) in [5.41, 5.74) is 1.26. The van der Waals surface area contributed by atoms with E-state index in [1.165, 1.54) is 18.4 Å². The van der Waals surface area contributed by atoms with Gasteiger partial charge >= 0.3 is 0 Å². The van der Waals surface area contributed by atoms with Gasteiger partial charge in [0.25, 0.3) is 0 Å². The highest BCUT2D eigenvalue weighted by Gasteiger charge is 2.34. The summed E-state index contributed by atoms with van der Waals surface area (Å²) in [7, 11) is 0. The average molecular weight is 326 g/mol. The summed E-state index contributed by atoms with van der Waals surface area (Å²) in [5.74, 6) is 1.12. The Morgan fingerprint density at radius 1 is 1.42 bits per heavy atom. The highest BCUT2D eigenvalue weighted by Crippen LogP contribution is 2.31. The Morgan fingerprint density at radius 3 is 2.84 bits per heavy atom. The first-order valence-corrected chi connectivity index (χ1v) is 7.81. The largest absolute Gasteiger partial charge is 0.371 e. The third kappa shape index (κ3) is 2.93. The van der Waals surface area contributed by atoms with Gasteiger partial charge in [0.1, 0.15) is 5.82 Å². The van der Waals surface area contributed by atoms with Crippen LogP contribution in [0, 0.1) is 0 Å². The van der Waals surface area contributed by atoms with Gasteiger partial charge in [0.2, 0.25) is 0 Å². The molecular weight excluding hydrogens is 306 g/mol. The van der Waals surface area contributed by atoms with Crippen molar-refractivity contribution in [3.63, 3.8) is 0 Å². The molecule has 1 N–H and O–H groups in total. The Morgan fingerprint density at radius 2 is 2.16 bits per heavy atom. The first kappa shape index (κ1) is 13.3. The molecule has 3 rings (SSSR count). The monoisotopic (exact) mass is 325 g/mol. The van der Waals surface area contributed by atoms with Crippen molar-refractivity contribution in [3.05, 3.63) is 22.3 Å². The van der Waals surface area contributed by atoms with Crippen LogP contribution in [0.5, 0.6) is 0 Å². The second-order valence-corrected chi connectivity index (χ2v) is 6.19. The van der Waals surface area contributed by atoms with Crippen molar-refractivity contribution < 1.29 is 4.74 Å². The lowest BCUT2D eigenvalue weighted by molar-refractivity contribution is 0.0301. The number of ether oxygens (including phenoxy) is 1. The van der Waals surface area contributed by atoms with Gasteiger partial charge in [-0.2, -0.15) is 0 Å². The molecule has 0 aromatic carbocycles. The molecule has 0 spiro atoms. The van der Waals surface area contributed by atoms with E-state index < -0.39 is 0 Å². The number of fused-ring (bicyclic) bond motifs is 2. The molecule has 104 valence electrons. The Balaban J connectivity index is 1.82. The van der Waals surface area contributed by atoms with E-state index >= 15 is 0 Å². The normalized spacial score (nSPS) is 25.9. The van der Waals surface area contributed by atoms with E-state index in [9.17, 15) is 0 Å². The van der Waals surface area contributed by atoms with Crippen molar-refractivity contribution in [1.29, 1.82) is 0 Å². The third-order valence-electron chi connectivity index (χ3n) is 3.82. The number of morpholine rings is 1. The topological polar surface area (TPSA) is 37.4 Å². The van der Waals surface area contributed by atoms with Gasteiger partial charge in [-0.3, -0.25) is 0 Å². The molecule has 2 saturated heterocycles. The summed E-state index contributed by atoms with van der Waals surface area (Å²) < 4.78 is 6.94. The fourth-order valence-electron chi connectivity index (χ4n) is 2.94. The molecule has 3 heterocycles. The number of nitrogens with zero attached hydrogens (tertiary/aromatic N) is 2. The molecule has 19 heavy (non-hydrogen) atoms. The molecule has 2 bridgehead atoms. The predicted molar refractivity (Wildman–Crippen MR) is 79.4 cm³/mol. The van der Waals surface area contributed by atoms with Crippen LogP contribution in [-0.2, 0) is 11.3 Å². The zero-order valence-corrected chi connectivity index (χ0v) is 12.8. The van der Waals surface area contributed by atoms with E-state index in [1.54, 1.807) is 0 Å². The number of nitrogens with one attached hydrogen (secondary N) is 1. The molecule has 1 aromatic heterocycles. The van der Waals surface area contributed by atoms with E-state index in [1.807, 2.05) is 6.20 Å². The van der Waals surface area contributed by atoms with Gasteiger partial charge in [-0.15, -0.1) is 0 Å². The average Bonchev–Trinajstić information content (AvgIpc) is 2.75. The summed E-state index contributed by atoms with van der Waals surface area (Å²) in [6, 6.07) is 2.17. The van der Waals surface area contributed by atoms with Gasteiger partial charge in [-0.05, 0) is 41.4 Å². The highest BCUT2D eigenvalue weighted by atomic mass is 79.9. The maximum absolute atomic E-state index is 5.90. The molecule has 2 atom stereocenters. The number of anilines is 1. The number of hydrogen-bond donors (Lipinski definition) is 1. The van der Waals surface area contributed by atoms with Crippen LogP contribution in [0.15, 0.2) is 16.7 Å². The first-order chi connectivity index (χ1) is 9.26. The van der Waals surface area contributed by atoms with Crippen molar-refractivity contribution in [3.8, 4) is 0 Å². The fraction of sp³-hybridized carbons (Fsp3) is 0.643. The van der Waals surface area contributed by atoms with Crippen molar-refractivity contribution in [2.75, 3.05) is 24.5 Å². The van der Waals surface area contributed by atoms with E-state index in [2.05, 4.69) is 44.1 Å². The van der Waals surface area contributed by atoms with Crippen molar-refractivity contribution in [2.45, 2.75) is 38.5 Å². The first-order valence-electron chi connectivity index (χ1n) is 7.02. The van der Waals surface area contributed by atoms with Crippen LogP contribution >= 0.6 is 15.9 Å². The minimum Gasteiger partial charge on any atom is -0.371 e. The molecule has 1 aromatic rings. The summed E-state index contributed by atoms with van der Waals surface area (Å²) in [6.45, 7) is 5.92. The minimum atomic E-state index is 0.399. The second-order valence-electron chi connectivity index (χ2n) is 5.28. The Bertz CT molecular complexity index is 442. The van der Waals surface area contributed by atoms with E-state index in [-0.39, 0.29) is 0 Å². The molecule has 2 unspecified atom stereocenters. The summed E-state index contributed by atoms with van der Waals surface area (Å²) in [5, 5.41) is 3.39. The van der Waals surface area contributed by atoms with Crippen LogP contribution in [-0.4, -0.2) is 36.8 Å². The van der Waals surface area contributed by atoms with Gasteiger partial charge < -0.3 is 15.0 Å². The SMILES string of the molecule is CCNCc1cc(Br)cnc1N1CC2CCC(C1)O2. The molecule has 0 saturated carbocycles. The smallest absolute Gasteiger partial charge is 0.133 e. The van der Waals surface area contributed by atoms with Gasteiger partial charge in [0.05, 0.1) is 12.2 Å². The van der Waals surface area contributed by atoms with Gasteiger partial charge in [-0.25, -0.2) is 4.98 Å². The van der Waals surface area contributed by atoms with Crippen molar-refractivity contribution >= 4 is 21.7 Å². The molecular formula is C14H20BrN3O. The van der Waals surface area contributed by atoms with Gasteiger partial charge in [0, 0.05) is 35.9 Å². The van der Waals surface area contributed by atoms with Crippen LogP contribution in [0.4, 0.5) is 5.82 Å². The molecule has 2 aliphatic rings. The molecule has 5 heteroatoms. The van der Waals surface area contributed by atoms with Crippen LogP contribution in [0.1, 0.15) is 25.3 Å². The van der Waals surface area contributed by atoms with Crippen LogP contribution in [0.25, 0.3) is 0 Å². The van der Waals surface area contributed by atoms with Crippen LogP contribution in [0.3, 0.4) is 0 Å². The zero-order chi connectivity index (χ0) is 13.2. The van der Waals surface area contributed by atoms with E-state index in [0.29, 0.717) is 12.2 Å².